The van der Waals surface area contributed by atoms with Crippen molar-refractivity contribution in [3.8, 4) is 0 Å². The third kappa shape index (κ3) is 4.19. The fraction of sp³-hybridized carbons (Fsp3) is 0.333. The molecule has 0 bridgehead atoms. The lowest BCUT2D eigenvalue weighted by Gasteiger charge is -2.29. The molecule has 1 saturated carbocycles. The molecule has 1 fully saturated rings. The molecule has 0 radical (unpaired) electrons. The van der Waals surface area contributed by atoms with Gasteiger partial charge in [-0.2, -0.15) is 0 Å². The van der Waals surface area contributed by atoms with E-state index in [0.717, 1.165) is 31.4 Å². The van der Waals surface area contributed by atoms with Crippen molar-refractivity contribution >= 4 is 28.9 Å². The predicted octanol–water partition coefficient (Wildman–Crippen LogP) is 2.19. The molecule has 1 aliphatic carbocycles. The molecular weight excluding hydrogens is 316 g/mol. The lowest BCUT2D eigenvalue weighted by molar-refractivity contribution is 0.100. The molecule has 0 spiro atoms. The normalized spacial score (nSPS) is 20.0. The van der Waals surface area contributed by atoms with Crippen LogP contribution in [0.2, 0.25) is 0 Å². The van der Waals surface area contributed by atoms with Gasteiger partial charge in [-0.1, -0.05) is 12.8 Å². The average molecular weight is 340 g/mol. The maximum Gasteiger partial charge on any atom is 0.252 e. The number of anilines is 4. The van der Waals surface area contributed by atoms with Gasteiger partial charge in [0.1, 0.15) is 11.6 Å². The first-order valence-corrected chi connectivity index (χ1v) is 8.48. The van der Waals surface area contributed by atoms with E-state index < -0.39 is 5.91 Å². The Balaban J connectivity index is 1.83. The van der Waals surface area contributed by atoms with Crippen LogP contribution < -0.4 is 27.8 Å². The SMILES string of the molecule is NC(=O)c1ccc(NC2CCCCC2N)nc1Nc1ccc(N)cc1. The van der Waals surface area contributed by atoms with Crippen molar-refractivity contribution in [1.82, 2.24) is 4.98 Å². The number of rotatable bonds is 5. The number of nitrogens with one attached hydrogen (secondary N) is 2. The van der Waals surface area contributed by atoms with Gasteiger partial charge < -0.3 is 27.8 Å². The van der Waals surface area contributed by atoms with E-state index in [1.165, 1.54) is 0 Å². The first-order chi connectivity index (χ1) is 12.0. The molecule has 1 aliphatic rings. The summed E-state index contributed by atoms with van der Waals surface area (Å²) in [5.74, 6) is 0.545. The number of carbonyl (C=O) groups is 1. The number of nitrogens with zero attached hydrogens (tertiary/aromatic N) is 1. The van der Waals surface area contributed by atoms with Gasteiger partial charge in [0.15, 0.2) is 0 Å². The zero-order valence-corrected chi connectivity index (χ0v) is 14.0. The summed E-state index contributed by atoms with van der Waals surface area (Å²) in [5, 5.41) is 6.52. The highest BCUT2D eigenvalue weighted by molar-refractivity contribution is 5.98. The number of nitrogen functional groups attached to an aromatic ring is 1. The van der Waals surface area contributed by atoms with Crippen molar-refractivity contribution in [2.24, 2.45) is 11.5 Å². The fourth-order valence-electron chi connectivity index (χ4n) is 3.07. The lowest BCUT2D eigenvalue weighted by Crippen LogP contribution is -2.42. The summed E-state index contributed by atoms with van der Waals surface area (Å²) in [6, 6.07) is 10.9. The van der Waals surface area contributed by atoms with Crippen LogP contribution in [0.4, 0.5) is 23.0 Å². The van der Waals surface area contributed by atoms with Crippen LogP contribution in [0.5, 0.6) is 0 Å². The minimum atomic E-state index is -0.536. The Hall–Kier alpha value is -2.80. The molecule has 7 nitrogen and oxygen atoms in total. The number of amides is 1. The number of pyridine rings is 1. The highest BCUT2D eigenvalue weighted by Gasteiger charge is 2.22. The number of benzene rings is 1. The lowest BCUT2D eigenvalue weighted by atomic mass is 9.91. The molecule has 0 aliphatic heterocycles. The van der Waals surface area contributed by atoms with Gasteiger partial charge in [-0.3, -0.25) is 4.79 Å². The third-order valence-corrected chi connectivity index (χ3v) is 4.49. The molecular formula is C18H24N6O. The van der Waals surface area contributed by atoms with Gasteiger partial charge in [0.25, 0.3) is 5.91 Å². The molecule has 2 unspecified atom stereocenters. The van der Waals surface area contributed by atoms with E-state index in [9.17, 15) is 4.79 Å². The van der Waals surface area contributed by atoms with Gasteiger partial charge in [0.05, 0.1) is 5.56 Å². The van der Waals surface area contributed by atoms with Crippen LogP contribution in [0, 0.1) is 0 Å². The minimum Gasteiger partial charge on any atom is -0.399 e. The monoisotopic (exact) mass is 340 g/mol. The number of hydrogen-bond acceptors (Lipinski definition) is 6. The minimum absolute atomic E-state index is 0.111. The number of carbonyl (C=O) groups excluding carboxylic acids is 1. The Morgan fingerprint density at radius 2 is 1.80 bits per heavy atom. The van der Waals surface area contributed by atoms with E-state index in [0.29, 0.717) is 22.9 Å². The Morgan fingerprint density at radius 1 is 1.08 bits per heavy atom. The van der Waals surface area contributed by atoms with Crippen LogP contribution in [0.3, 0.4) is 0 Å². The van der Waals surface area contributed by atoms with Crippen molar-refractivity contribution in [2.75, 3.05) is 16.4 Å². The molecule has 3 rings (SSSR count). The van der Waals surface area contributed by atoms with Crippen molar-refractivity contribution in [2.45, 2.75) is 37.8 Å². The molecule has 25 heavy (non-hydrogen) atoms. The topological polar surface area (TPSA) is 132 Å². The molecule has 132 valence electrons. The maximum absolute atomic E-state index is 11.7. The number of primary amides is 1. The highest BCUT2D eigenvalue weighted by Crippen LogP contribution is 2.24. The zero-order chi connectivity index (χ0) is 17.8. The Kier molecular flexibility index (Phi) is 5.04. The summed E-state index contributed by atoms with van der Waals surface area (Å²) in [7, 11) is 0. The number of nitrogens with two attached hydrogens (primary N) is 3. The second-order valence-electron chi connectivity index (χ2n) is 6.40. The molecule has 1 amide bonds. The Morgan fingerprint density at radius 3 is 2.48 bits per heavy atom. The largest absolute Gasteiger partial charge is 0.399 e. The summed E-state index contributed by atoms with van der Waals surface area (Å²) in [6.45, 7) is 0. The van der Waals surface area contributed by atoms with E-state index in [1.54, 1.807) is 24.3 Å². The van der Waals surface area contributed by atoms with Crippen LogP contribution in [0.1, 0.15) is 36.0 Å². The summed E-state index contributed by atoms with van der Waals surface area (Å²) in [6.07, 6.45) is 4.34. The summed E-state index contributed by atoms with van der Waals surface area (Å²) < 4.78 is 0. The van der Waals surface area contributed by atoms with Gasteiger partial charge in [-0.15, -0.1) is 0 Å². The molecule has 2 aromatic rings. The predicted molar refractivity (Wildman–Crippen MR) is 101 cm³/mol. The third-order valence-electron chi connectivity index (χ3n) is 4.49. The number of hydrogen-bond donors (Lipinski definition) is 5. The van der Waals surface area contributed by atoms with Crippen molar-refractivity contribution in [1.29, 1.82) is 0 Å². The van der Waals surface area contributed by atoms with Crippen molar-refractivity contribution in [3.05, 3.63) is 42.0 Å². The molecule has 0 saturated heterocycles. The summed E-state index contributed by atoms with van der Waals surface area (Å²) in [5.41, 5.74) is 19.1. The standard InChI is InChI=1S/C18H24N6O/c19-11-5-7-12(8-6-11)22-18-13(17(21)25)9-10-16(24-18)23-15-4-2-1-3-14(15)20/h5-10,14-15H,1-4,19-20H2,(H2,21,25)(H2,22,23,24). The van der Waals surface area contributed by atoms with E-state index in [4.69, 9.17) is 17.2 Å². The quantitative estimate of drug-likeness (QED) is 0.530. The summed E-state index contributed by atoms with van der Waals surface area (Å²) >= 11 is 0. The average Bonchev–Trinajstić information content (AvgIpc) is 2.59. The molecule has 8 N–H and O–H groups in total. The number of aromatic nitrogens is 1. The fourth-order valence-corrected chi connectivity index (χ4v) is 3.07. The summed E-state index contributed by atoms with van der Waals surface area (Å²) in [4.78, 5) is 16.2. The van der Waals surface area contributed by atoms with Gasteiger partial charge in [0, 0.05) is 23.5 Å². The van der Waals surface area contributed by atoms with Crippen molar-refractivity contribution < 1.29 is 4.79 Å². The van der Waals surface area contributed by atoms with E-state index in [2.05, 4.69) is 15.6 Å². The van der Waals surface area contributed by atoms with Crippen LogP contribution in [0.25, 0.3) is 0 Å². The van der Waals surface area contributed by atoms with Crippen LogP contribution in [0.15, 0.2) is 36.4 Å². The molecule has 1 aromatic heterocycles. The molecule has 2 atom stereocenters. The second-order valence-corrected chi connectivity index (χ2v) is 6.40. The van der Waals surface area contributed by atoms with E-state index in [-0.39, 0.29) is 12.1 Å². The smallest absolute Gasteiger partial charge is 0.252 e. The van der Waals surface area contributed by atoms with Gasteiger partial charge >= 0.3 is 0 Å². The maximum atomic E-state index is 11.7. The van der Waals surface area contributed by atoms with Crippen LogP contribution in [-0.2, 0) is 0 Å². The first-order valence-electron chi connectivity index (χ1n) is 8.48. The zero-order valence-electron chi connectivity index (χ0n) is 14.0. The van der Waals surface area contributed by atoms with E-state index in [1.807, 2.05) is 12.1 Å². The van der Waals surface area contributed by atoms with Crippen LogP contribution >= 0.6 is 0 Å². The molecule has 1 heterocycles. The Labute approximate surface area is 147 Å². The molecule has 7 heteroatoms. The van der Waals surface area contributed by atoms with Gasteiger partial charge in [-0.25, -0.2) is 4.98 Å². The Bertz CT molecular complexity index is 746. The van der Waals surface area contributed by atoms with E-state index >= 15 is 0 Å². The first kappa shape index (κ1) is 17.0. The molecule has 1 aromatic carbocycles. The van der Waals surface area contributed by atoms with Gasteiger partial charge in [0.2, 0.25) is 0 Å². The second kappa shape index (κ2) is 7.40. The highest BCUT2D eigenvalue weighted by atomic mass is 16.1. The van der Waals surface area contributed by atoms with Crippen LogP contribution in [-0.4, -0.2) is 23.0 Å². The van der Waals surface area contributed by atoms with Gasteiger partial charge in [-0.05, 0) is 49.2 Å². The van der Waals surface area contributed by atoms with Crippen molar-refractivity contribution in [3.63, 3.8) is 0 Å².